The van der Waals surface area contributed by atoms with Crippen molar-refractivity contribution in [2.75, 3.05) is 5.32 Å². The SMILES string of the molecule is Cc1ccc(Br)cc1NC1CCCC1C. The van der Waals surface area contributed by atoms with Crippen molar-refractivity contribution in [3.05, 3.63) is 28.2 Å². The molecule has 0 aromatic heterocycles. The Morgan fingerprint density at radius 1 is 1.33 bits per heavy atom. The molecule has 82 valence electrons. The minimum atomic E-state index is 0.665. The van der Waals surface area contributed by atoms with Gasteiger partial charge in [-0.2, -0.15) is 0 Å². The summed E-state index contributed by atoms with van der Waals surface area (Å²) >= 11 is 3.52. The molecule has 0 amide bonds. The summed E-state index contributed by atoms with van der Waals surface area (Å²) in [6.45, 7) is 4.51. The van der Waals surface area contributed by atoms with Crippen LogP contribution in [0.4, 0.5) is 5.69 Å². The summed E-state index contributed by atoms with van der Waals surface area (Å²) < 4.78 is 1.15. The van der Waals surface area contributed by atoms with Crippen molar-refractivity contribution in [1.29, 1.82) is 0 Å². The number of aryl methyl sites for hydroxylation is 1. The number of hydrogen-bond donors (Lipinski definition) is 1. The summed E-state index contributed by atoms with van der Waals surface area (Å²) in [6, 6.07) is 7.10. The van der Waals surface area contributed by atoms with E-state index in [2.05, 4.69) is 53.3 Å². The van der Waals surface area contributed by atoms with Crippen LogP contribution in [0.15, 0.2) is 22.7 Å². The molecular weight excluding hydrogens is 250 g/mol. The zero-order valence-electron chi connectivity index (χ0n) is 9.39. The Kier molecular flexibility index (Phi) is 3.35. The fourth-order valence-electron chi connectivity index (χ4n) is 2.31. The summed E-state index contributed by atoms with van der Waals surface area (Å²) in [5, 5.41) is 3.67. The summed E-state index contributed by atoms with van der Waals surface area (Å²) in [4.78, 5) is 0. The lowest BCUT2D eigenvalue weighted by molar-refractivity contribution is 0.556. The van der Waals surface area contributed by atoms with E-state index >= 15 is 0 Å². The van der Waals surface area contributed by atoms with E-state index in [0.717, 1.165) is 10.4 Å². The first kappa shape index (κ1) is 11.0. The molecule has 2 atom stereocenters. The van der Waals surface area contributed by atoms with Crippen molar-refractivity contribution in [3.8, 4) is 0 Å². The third-order valence-corrected chi connectivity index (χ3v) is 3.90. The van der Waals surface area contributed by atoms with Crippen molar-refractivity contribution in [1.82, 2.24) is 0 Å². The molecule has 0 spiro atoms. The lowest BCUT2D eigenvalue weighted by Crippen LogP contribution is -2.22. The lowest BCUT2D eigenvalue weighted by Gasteiger charge is -2.20. The van der Waals surface area contributed by atoms with Crippen LogP contribution in [0.1, 0.15) is 31.7 Å². The highest BCUT2D eigenvalue weighted by molar-refractivity contribution is 9.10. The molecule has 0 heterocycles. The highest BCUT2D eigenvalue weighted by atomic mass is 79.9. The Morgan fingerprint density at radius 2 is 2.13 bits per heavy atom. The largest absolute Gasteiger partial charge is 0.382 e. The van der Waals surface area contributed by atoms with Crippen LogP contribution in [0.5, 0.6) is 0 Å². The van der Waals surface area contributed by atoms with Gasteiger partial charge >= 0.3 is 0 Å². The van der Waals surface area contributed by atoms with Crippen molar-refractivity contribution in [3.63, 3.8) is 0 Å². The third kappa shape index (κ3) is 2.54. The molecule has 1 fully saturated rings. The topological polar surface area (TPSA) is 12.0 Å². The van der Waals surface area contributed by atoms with Crippen LogP contribution < -0.4 is 5.32 Å². The maximum absolute atomic E-state index is 3.67. The van der Waals surface area contributed by atoms with Gasteiger partial charge in [-0.15, -0.1) is 0 Å². The molecule has 0 aliphatic heterocycles. The third-order valence-electron chi connectivity index (χ3n) is 3.40. The van der Waals surface area contributed by atoms with Gasteiger partial charge < -0.3 is 5.32 Å². The minimum absolute atomic E-state index is 0.665. The maximum Gasteiger partial charge on any atom is 0.0383 e. The molecule has 2 unspecified atom stereocenters. The van der Waals surface area contributed by atoms with Gasteiger partial charge in [0.15, 0.2) is 0 Å². The Bertz CT molecular complexity index is 348. The zero-order chi connectivity index (χ0) is 10.8. The van der Waals surface area contributed by atoms with Crippen LogP contribution in [-0.2, 0) is 0 Å². The first-order valence-corrected chi connectivity index (χ1v) is 6.49. The Morgan fingerprint density at radius 3 is 2.80 bits per heavy atom. The van der Waals surface area contributed by atoms with Gasteiger partial charge in [0.05, 0.1) is 0 Å². The second-order valence-corrected chi connectivity index (χ2v) is 5.53. The molecule has 1 aliphatic rings. The lowest BCUT2D eigenvalue weighted by atomic mass is 10.1. The fraction of sp³-hybridized carbons (Fsp3) is 0.538. The summed E-state index contributed by atoms with van der Waals surface area (Å²) in [6.07, 6.45) is 4.05. The Balaban J connectivity index is 2.12. The van der Waals surface area contributed by atoms with Gasteiger partial charge in [-0.1, -0.05) is 35.3 Å². The standard InChI is InChI=1S/C13H18BrN/c1-9-4-3-5-12(9)15-13-8-11(14)7-6-10(13)2/h6-9,12,15H,3-5H2,1-2H3. The monoisotopic (exact) mass is 267 g/mol. The normalized spacial score (nSPS) is 25.5. The molecule has 15 heavy (non-hydrogen) atoms. The zero-order valence-corrected chi connectivity index (χ0v) is 11.0. The molecule has 1 aliphatic carbocycles. The Labute approximate surface area is 100 Å². The van der Waals surface area contributed by atoms with Gasteiger partial charge in [-0.3, -0.25) is 0 Å². The summed E-state index contributed by atoms with van der Waals surface area (Å²) in [7, 11) is 0. The second-order valence-electron chi connectivity index (χ2n) is 4.62. The predicted octanol–water partition coefficient (Wildman–Crippen LogP) is 4.36. The molecule has 1 aromatic carbocycles. The van der Waals surface area contributed by atoms with E-state index in [-0.39, 0.29) is 0 Å². The van der Waals surface area contributed by atoms with E-state index in [9.17, 15) is 0 Å². The van der Waals surface area contributed by atoms with Crippen LogP contribution in [0.3, 0.4) is 0 Å². The van der Waals surface area contributed by atoms with Crippen molar-refractivity contribution in [2.24, 2.45) is 5.92 Å². The van der Waals surface area contributed by atoms with E-state index in [4.69, 9.17) is 0 Å². The molecule has 2 rings (SSSR count). The molecule has 1 N–H and O–H groups in total. The molecule has 0 radical (unpaired) electrons. The van der Waals surface area contributed by atoms with Crippen LogP contribution in [0.25, 0.3) is 0 Å². The van der Waals surface area contributed by atoms with Crippen molar-refractivity contribution >= 4 is 21.6 Å². The maximum atomic E-state index is 3.67. The number of rotatable bonds is 2. The molecule has 1 nitrogen and oxygen atoms in total. The highest BCUT2D eigenvalue weighted by Gasteiger charge is 2.23. The number of hydrogen-bond acceptors (Lipinski definition) is 1. The highest BCUT2D eigenvalue weighted by Crippen LogP contribution is 2.30. The van der Waals surface area contributed by atoms with E-state index in [1.807, 2.05) is 0 Å². The van der Waals surface area contributed by atoms with E-state index < -0.39 is 0 Å². The average molecular weight is 268 g/mol. The van der Waals surface area contributed by atoms with E-state index in [1.54, 1.807) is 0 Å². The van der Waals surface area contributed by atoms with Gasteiger partial charge in [0.1, 0.15) is 0 Å². The van der Waals surface area contributed by atoms with Gasteiger partial charge in [-0.05, 0) is 43.4 Å². The fourth-order valence-corrected chi connectivity index (χ4v) is 2.67. The van der Waals surface area contributed by atoms with Crippen LogP contribution in [0, 0.1) is 12.8 Å². The smallest absolute Gasteiger partial charge is 0.0383 e. The van der Waals surface area contributed by atoms with Crippen LogP contribution in [0.2, 0.25) is 0 Å². The first-order chi connectivity index (χ1) is 7.16. The van der Waals surface area contributed by atoms with Crippen molar-refractivity contribution in [2.45, 2.75) is 39.2 Å². The minimum Gasteiger partial charge on any atom is -0.382 e. The molecule has 1 aromatic rings. The Hall–Kier alpha value is -0.500. The molecule has 2 heteroatoms. The second kappa shape index (κ2) is 4.56. The number of benzene rings is 1. The van der Waals surface area contributed by atoms with E-state index in [0.29, 0.717) is 6.04 Å². The van der Waals surface area contributed by atoms with Gasteiger partial charge in [0.25, 0.3) is 0 Å². The predicted molar refractivity (Wildman–Crippen MR) is 69.3 cm³/mol. The molecule has 0 saturated heterocycles. The average Bonchev–Trinajstić information content (AvgIpc) is 2.58. The number of halogens is 1. The summed E-state index contributed by atoms with van der Waals surface area (Å²) in [5.74, 6) is 0.809. The van der Waals surface area contributed by atoms with Crippen LogP contribution in [-0.4, -0.2) is 6.04 Å². The molecular formula is C13H18BrN. The molecule has 1 saturated carbocycles. The van der Waals surface area contributed by atoms with Crippen LogP contribution >= 0.6 is 15.9 Å². The van der Waals surface area contributed by atoms with Gasteiger partial charge in [0, 0.05) is 16.2 Å². The van der Waals surface area contributed by atoms with Gasteiger partial charge in [0.2, 0.25) is 0 Å². The van der Waals surface area contributed by atoms with Gasteiger partial charge in [-0.25, -0.2) is 0 Å². The first-order valence-electron chi connectivity index (χ1n) is 5.69. The quantitative estimate of drug-likeness (QED) is 0.840. The number of nitrogens with one attached hydrogen (secondary N) is 1. The summed E-state index contributed by atoms with van der Waals surface area (Å²) in [5.41, 5.74) is 2.61. The molecule has 0 bridgehead atoms. The number of anilines is 1. The van der Waals surface area contributed by atoms with Crippen molar-refractivity contribution < 1.29 is 0 Å². The van der Waals surface area contributed by atoms with E-state index in [1.165, 1.54) is 30.5 Å².